The van der Waals surface area contributed by atoms with Gasteiger partial charge in [0.15, 0.2) is 0 Å². The predicted molar refractivity (Wildman–Crippen MR) is 65.4 cm³/mol. The fraction of sp³-hybridized carbons (Fsp3) is 0.231. The summed E-state index contributed by atoms with van der Waals surface area (Å²) in [4.78, 5) is 15.4. The van der Waals surface area contributed by atoms with Crippen LogP contribution in [0.15, 0.2) is 47.0 Å². The van der Waals surface area contributed by atoms with Gasteiger partial charge < -0.3 is 4.57 Å². The molecule has 0 saturated carbocycles. The molecule has 2 aromatic rings. The van der Waals surface area contributed by atoms with Crippen molar-refractivity contribution in [1.82, 2.24) is 9.55 Å². The van der Waals surface area contributed by atoms with Gasteiger partial charge in [-0.3, -0.25) is 4.79 Å². The van der Waals surface area contributed by atoms with Gasteiger partial charge >= 0.3 is 0 Å². The normalized spacial score (nSPS) is 10.4. The fourth-order valence-electron chi connectivity index (χ4n) is 1.59. The smallest absolute Gasteiger partial charge is 0.280 e. The summed E-state index contributed by atoms with van der Waals surface area (Å²) >= 11 is 0. The van der Waals surface area contributed by atoms with E-state index in [4.69, 9.17) is 0 Å². The van der Waals surface area contributed by atoms with Crippen molar-refractivity contribution < 1.29 is 0 Å². The first-order valence-electron chi connectivity index (χ1n) is 5.26. The number of hydrogen-bond acceptors (Lipinski definition) is 2. The molecular weight excluding hydrogens is 200 g/mol. The summed E-state index contributed by atoms with van der Waals surface area (Å²) in [7, 11) is 0. The Morgan fingerprint density at radius 2 is 2.12 bits per heavy atom. The van der Waals surface area contributed by atoms with Crippen LogP contribution in [0.25, 0.3) is 10.9 Å². The number of hydrogen-bond donors (Lipinski definition) is 0. The zero-order valence-electron chi connectivity index (χ0n) is 9.47. The number of benzene rings is 1. The first-order valence-corrected chi connectivity index (χ1v) is 5.26. The predicted octanol–water partition coefficient (Wildman–Crippen LogP) is 2.36. The van der Waals surface area contributed by atoms with Crippen molar-refractivity contribution in [3.05, 3.63) is 52.6 Å². The molecule has 0 aliphatic rings. The minimum Gasteiger partial charge on any atom is -0.328 e. The number of para-hydroxylation sites is 1. The molecule has 0 bridgehead atoms. The maximum Gasteiger partial charge on any atom is 0.280 e. The molecule has 0 atom stereocenters. The van der Waals surface area contributed by atoms with Gasteiger partial charge in [0.25, 0.3) is 5.56 Å². The van der Waals surface area contributed by atoms with Crippen molar-refractivity contribution in [2.75, 3.05) is 0 Å². The Balaban J connectivity index is 2.59. The van der Waals surface area contributed by atoms with E-state index in [0.717, 1.165) is 12.1 Å². The topological polar surface area (TPSA) is 34.9 Å². The van der Waals surface area contributed by atoms with Crippen LogP contribution in [-0.2, 0) is 6.54 Å². The Morgan fingerprint density at radius 1 is 1.38 bits per heavy atom. The summed E-state index contributed by atoms with van der Waals surface area (Å²) in [5.74, 6) is 0. The van der Waals surface area contributed by atoms with Crippen LogP contribution in [0.2, 0.25) is 0 Å². The minimum absolute atomic E-state index is 0.163. The average Bonchev–Trinajstić information content (AvgIpc) is 2.28. The molecule has 3 heteroatoms. The highest BCUT2D eigenvalue weighted by atomic mass is 16.1. The zero-order chi connectivity index (χ0) is 11.5. The van der Waals surface area contributed by atoms with Crippen LogP contribution in [-0.4, -0.2) is 9.55 Å². The third kappa shape index (κ3) is 2.03. The van der Waals surface area contributed by atoms with Crippen LogP contribution in [0.1, 0.15) is 13.8 Å². The fourth-order valence-corrected chi connectivity index (χ4v) is 1.59. The number of rotatable bonds is 2. The average molecular weight is 214 g/mol. The van der Waals surface area contributed by atoms with Gasteiger partial charge in [-0.15, -0.1) is 0 Å². The molecule has 1 aromatic heterocycles. The molecule has 1 aromatic carbocycles. The Hall–Kier alpha value is -1.90. The van der Waals surface area contributed by atoms with E-state index in [1.165, 1.54) is 5.57 Å². The third-order valence-electron chi connectivity index (χ3n) is 2.45. The van der Waals surface area contributed by atoms with Crippen molar-refractivity contribution in [2.24, 2.45) is 0 Å². The van der Waals surface area contributed by atoms with Crippen LogP contribution in [0.5, 0.6) is 0 Å². The lowest BCUT2D eigenvalue weighted by Crippen LogP contribution is -2.11. The molecule has 0 N–H and O–H groups in total. The number of fused-ring (bicyclic) bond motifs is 1. The zero-order valence-corrected chi connectivity index (χ0v) is 9.47. The number of allylic oxidation sites excluding steroid dienone is 2. The third-order valence-corrected chi connectivity index (χ3v) is 2.45. The van der Waals surface area contributed by atoms with Crippen LogP contribution in [0.3, 0.4) is 0 Å². The summed E-state index contributed by atoms with van der Waals surface area (Å²) in [6.07, 6.45) is 3.71. The Morgan fingerprint density at radius 3 is 2.88 bits per heavy atom. The molecule has 0 unspecified atom stereocenters. The molecule has 0 spiro atoms. The van der Waals surface area contributed by atoms with Crippen molar-refractivity contribution in [3.8, 4) is 0 Å². The van der Waals surface area contributed by atoms with Crippen LogP contribution >= 0.6 is 0 Å². The molecule has 0 aliphatic heterocycles. The summed E-state index contributed by atoms with van der Waals surface area (Å²) in [5, 5.41) is 0.673. The van der Waals surface area contributed by atoms with Crippen LogP contribution in [0.4, 0.5) is 0 Å². The van der Waals surface area contributed by atoms with Crippen LogP contribution < -0.4 is 5.56 Å². The summed E-state index contributed by atoms with van der Waals surface area (Å²) in [6.45, 7) is 4.85. The standard InChI is InChI=1S/C13H14N2O/c1-10(2)7-8-15-9-14-13(16)11-5-3-4-6-12(11)15/h3-7,9H,8H2,1-2H3. The van der Waals surface area contributed by atoms with Crippen molar-refractivity contribution >= 4 is 10.9 Å². The number of nitrogens with zero attached hydrogens (tertiary/aromatic N) is 2. The molecule has 0 amide bonds. The molecule has 1 heterocycles. The molecule has 0 saturated heterocycles. The molecule has 82 valence electrons. The minimum atomic E-state index is -0.163. The van der Waals surface area contributed by atoms with E-state index < -0.39 is 0 Å². The maximum atomic E-state index is 11.5. The van der Waals surface area contributed by atoms with Gasteiger partial charge in [0.2, 0.25) is 0 Å². The van der Waals surface area contributed by atoms with Crippen molar-refractivity contribution in [2.45, 2.75) is 20.4 Å². The van der Waals surface area contributed by atoms with Gasteiger partial charge in [-0.05, 0) is 26.0 Å². The van der Waals surface area contributed by atoms with E-state index in [1.807, 2.05) is 28.8 Å². The molecule has 3 nitrogen and oxygen atoms in total. The maximum absolute atomic E-state index is 11.5. The van der Waals surface area contributed by atoms with Gasteiger partial charge in [-0.25, -0.2) is 0 Å². The summed E-state index contributed by atoms with van der Waals surface area (Å²) < 4.78 is 1.98. The van der Waals surface area contributed by atoms with Crippen molar-refractivity contribution in [3.63, 3.8) is 0 Å². The van der Waals surface area contributed by atoms with Gasteiger partial charge in [0, 0.05) is 6.54 Å². The van der Waals surface area contributed by atoms with Gasteiger partial charge in [-0.1, -0.05) is 23.8 Å². The lowest BCUT2D eigenvalue weighted by atomic mass is 10.2. The molecule has 0 fully saturated rings. The second-order valence-corrected chi connectivity index (χ2v) is 4.00. The second-order valence-electron chi connectivity index (χ2n) is 4.00. The molecule has 2 rings (SSSR count). The van der Waals surface area contributed by atoms with E-state index in [0.29, 0.717) is 5.39 Å². The van der Waals surface area contributed by atoms with Crippen LogP contribution in [0, 0.1) is 0 Å². The van der Waals surface area contributed by atoms with Crippen molar-refractivity contribution in [1.29, 1.82) is 0 Å². The molecule has 16 heavy (non-hydrogen) atoms. The molecule has 0 radical (unpaired) electrons. The van der Waals surface area contributed by atoms with Gasteiger partial charge in [0.1, 0.15) is 0 Å². The Bertz CT molecular complexity index is 592. The first-order chi connectivity index (χ1) is 7.68. The largest absolute Gasteiger partial charge is 0.328 e. The highest BCUT2D eigenvalue weighted by molar-refractivity contribution is 5.77. The van der Waals surface area contributed by atoms with E-state index in [1.54, 1.807) is 6.33 Å². The summed E-state index contributed by atoms with van der Waals surface area (Å²) in [6, 6.07) is 7.54. The quantitative estimate of drug-likeness (QED) is 0.719. The number of aromatic nitrogens is 2. The summed E-state index contributed by atoms with van der Waals surface area (Å²) in [5.41, 5.74) is 2.02. The molecule has 0 aliphatic carbocycles. The highest BCUT2D eigenvalue weighted by Crippen LogP contribution is 2.08. The Labute approximate surface area is 94.1 Å². The second kappa shape index (κ2) is 4.31. The first kappa shape index (κ1) is 10.6. The van der Waals surface area contributed by atoms with Gasteiger partial charge in [-0.2, -0.15) is 4.98 Å². The van der Waals surface area contributed by atoms with E-state index >= 15 is 0 Å². The lowest BCUT2D eigenvalue weighted by Gasteiger charge is -2.07. The SMILES string of the molecule is CC(C)=CCn1cnc(=O)c2ccccc21. The van der Waals surface area contributed by atoms with E-state index in [2.05, 4.69) is 24.9 Å². The lowest BCUT2D eigenvalue weighted by molar-refractivity contribution is 0.814. The van der Waals surface area contributed by atoms with E-state index in [-0.39, 0.29) is 5.56 Å². The Kier molecular flexibility index (Phi) is 2.86. The monoisotopic (exact) mass is 214 g/mol. The van der Waals surface area contributed by atoms with E-state index in [9.17, 15) is 4.79 Å². The molecular formula is C13H14N2O. The van der Waals surface area contributed by atoms with Gasteiger partial charge in [0.05, 0.1) is 17.2 Å². The highest BCUT2D eigenvalue weighted by Gasteiger charge is 2.01.